The van der Waals surface area contributed by atoms with E-state index in [9.17, 15) is 4.79 Å². The minimum Gasteiger partial charge on any atom is -0.478 e. The van der Waals surface area contributed by atoms with Gasteiger partial charge in [-0.05, 0) is 37.5 Å². The van der Waals surface area contributed by atoms with Gasteiger partial charge in [-0.15, -0.1) is 0 Å². The highest BCUT2D eigenvalue weighted by atomic mass is 16.4. The van der Waals surface area contributed by atoms with Gasteiger partial charge in [0, 0.05) is 36.0 Å². The molecule has 0 unspecified atom stereocenters. The molecule has 0 amide bonds. The highest BCUT2D eigenvalue weighted by molar-refractivity contribution is 6.00. The van der Waals surface area contributed by atoms with Crippen LogP contribution in [0.15, 0.2) is 18.3 Å². The normalized spacial score (nSPS) is 14.9. The van der Waals surface area contributed by atoms with Crippen LogP contribution in [0.3, 0.4) is 0 Å². The molecule has 0 saturated carbocycles. The summed E-state index contributed by atoms with van der Waals surface area (Å²) in [7, 11) is 0. The van der Waals surface area contributed by atoms with Crippen molar-refractivity contribution in [2.24, 2.45) is 0 Å². The molecule has 1 aliphatic rings. The van der Waals surface area contributed by atoms with Gasteiger partial charge in [-0.25, -0.2) is 4.79 Å². The van der Waals surface area contributed by atoms with Crippen LogP contribution in [-0.2, 0) is 0 Å². The standard InChI is InChI=1S/C15H17N3O2/c1-9-13(18-4-2-3-5-18)7-12(16)11-6-10(15(19)20)8-17-14(9)11/h6-8H,2-5,16H2,1H3,(H,19,20). The fourth-order valence-corrected chi connectivity index (χ4v) is 2.84. The van der Waals surface area contributed by atoms with Gasteiger partial charge in [-0.3, -0.25) is 4.98 Å². The van der Waals surface area contributed by atoms with Crippen LogP contribution in [0.5, 0.6) is 0 Å². The van der Waals surface area contributed by atoms with Gasteiger partial charge < -0.3 is 15.7 Å². The van der Waals surface area contributed by atoms with Gasteiger partial charge in [0.15, 0.2) is 0 Å². The average Bonchev–Trinajstić information content (AvgIpc) is 2.96. The summed E-state index contributed by atoms with van der Waals surface area (Å²) in [6, 6.07) is 3.54. The highest BCUT2D eigenvalue weighted by Gasteiger charge is 2.18. The largest absolute Gasteiger partial charge is 0.478 e. The zero-order valence-corrected chi connectivity index (χ0v) is 11.4. The number of carbonyl (C=O) groups is 1. The Labute approximate surface area is 117 Å². The Morgan fingerprint density at radius 3 is 2.70 bits per heavy atom. The van der Waals surface area contributed by atoms with Gasteiger partial charge in [-0.2, -0.15) is 0 Å². The highest BCUT2D eigenvalue weighted by Crippen LogP contribution is 2.33. The number of hydrogen-bond donors (Lipinski definition) is 2. The Morgan fingerprint density at radius 2 is 2.05 bits per heavy atom. The molecule has 0 atom stereocenters. The van der Waals surface area contributed by atoms with Gasteiger partial charge in [0.1, 0.15) is 0 Å². The maximum absolute atomic E-state index is 11.0. The van der Waals surface area contributed by atoms with Gasteiger partial charge in [0.25, 0.3) is 0 Å². The third-order valence-electron chi connectivity index (χ3n) is 3.92. The maximum atomic E-state index is 11.0. The van der Waals surface area contributed by atoms with Crippen molar-refractivity contribution in [2.45, 2.75) is 19.8 Å². The zero-order chi connectivity index (χ0) is 14.3. The number of nitrogen functional groups attached to an aromatic ring is 1. The van der Waals surface area contributed by atoms with E-state index in [0.717, 1.165) is 29.9 Å². The number of carboxylic acid groups (broad SMARTS) is 1. The number of pyridine rings is 1. The number of fused-ring (bicyclic) bond motifs is 1. The molecule has 1 saturated heterocycles. The lowest BCUT2D eigenvalue weighted by Gasteiger charge is -2.22. The lowest BCUT2D eigenvalue weighted by atomic mass is 10.0. The van der Waals surface area contributed by atoms with Crippen LogP contribution in [-0.4, -0.2) is 29.1 Å². The van der Waals surface area contributed by atoms with Crippen molar-refractivity contribution in [1.82, 2.24) is 4.98 Å². The summed E-state index contributed by atoms with van der Waals surface area (Å²) in [5.74, 6) is -0.986. The first-order valence-electron chi connectivity index (χ1n) is 6.75. The maximum Gasteiger partial charge on any atom is 0.337 e. The number of aromatic nitrogens is 1. The number of nitrogens with two attached hydrogens (primary N) is 1. The predicted molar refractivity (Wildman–Crippen MR) is 79.3 cm³/mol. The number of benzene rings is 1. The van der Waals surface area contributed by atoms with E-state index in [1.54, 1.807) is 6.07 Å². The smallest absolute Gasteiger partial charge is 0.337 e. The van der Waals surface area contributed by atoms with Crippen molar-refractivity contribution in [2.75, 3.05) is 23.7 Å². The van der Waals surface area contributed by atoms with Crippen molar-refractivity contribution in [3.63, 3.8) is 0 Å². The topological polar surface area (TPSA) is 79.5 Å². The van der Waals surface area contributed by atoms with E-state index in [4.69, 9.17) is 10.8 Å². The van der Waals surface area contributed by atoms with E-state index < -0.39 is 5.97 Å². The predicted octanol–water partition coefficient (Wildman–Crippen LogP) is 2.42. The second-order valence-electron chi connectivity index (χ2n) is 5.23. The van der Waals surface area contributed by atoms with Crippen LogP contribution in [0.1, 0.15) is 28.8 Å². The molecule has 0 bridgehead atoms. The van der Waals surface area contributed by atoms with Crippen molar-refractivity contribution in [3.8, 4) is 0 Å². The number of hydrogen-bond acceptors (Lipinski definition) is 4. The first-order chi connectivity index (χ1) is 9.58. The molecule has 2 heterocycles. The van der Waals surface area contributed by atoms with Crippen molar-refractivity contribution < 1.29 is 9.90 Å². The zero-order valence-electron chi connectivity index (χ0n) is 11.4. The molecule has 1 aromatic carbocycles. The molecule has 5 heteroatoms. The molecule has 5 nitrogen and oxygen atoms in total. The van der Waals surface area contributed by atoms with Crippen LogP contribution in [0.2, 0.25) is 0 Å². The quantitative estimate of drug-likeness (QED) is 0.820. The molecule has 0 spiro atoms. The minimum atomic E-state index is -0.986. The Morgan fingerprint density at radius 1 is 1.35 bits per heavy atom. The van der Waals surface area contributed by atoms with Crippen LogP contribution in [0.4, 0.5) is 11.4 Å². The summed E-state index contributed by atoms with van der Waals surface area (Å²) in [4.78, 5) is 17.7. The van der Waals surface area contributed by atoms with E-state index >= 15 is 0 Å². The molecule has 3 rings (SSSR count). The Balaban J connectivity index is 2.20. The van der Waals surface area contributed by atoms with Crippen molar-refractivity contribution >= 4 is 28.2 Å². The molecule has 0 aliphatic carbocycles. The number of aromatic carboxylic acids is 1. The van der Waals surface area contributed by atoms with Crippen LogP contribution in [0.25, 0.3) is 10.9 Å². The monoisotopic (exact) mass is 271 g/mol. The van der Waals surface area contributed by atoms with Gasteiger partial charge in [0.05, 0.1) is 11.1 Å². The first kappa shape index (κ1) is 12.7. The fraction of sp³-hybridized carbons (Fsp3) is 0.333. The number of nitrogens with zero attached hydrogens (tertiary/aromatic N) is 2. The van der Waals surface area contributed by atoms with Crippen molar-refractivity contribution in [3.05, 3.63) is 29.5 Å². The molecule has 1 aliphatic heterocycles. The Hall–Kier alpha value is -2.30. The van der Waals surface area contributed by atoms with E-state index in [-0.39, 0.29) is 5.56 Å². The first-order valence-corrected chi connectivity index (χ1v) is 6.75. The van der Waals surface area contributed by atoms with Crippen LogP contribution < -0.4 is 10.6 Å². The third-order valence-corrected chi connectivity index (χ3v) is 3.92. The summed E-state index contributed by atoms with van der Waals surface area (Å²) < 4.78 is 0. The fourth-order valence-electron chi connectivity index (χ4n) is 2.84. The van der Waals surface area contributed by atoms with E-state index in [0.29, 0.717) is 11.1 Å². The molecule has 104 valence electrons. The number of rotatable bonds is 2. The van der Waals surface area contributed by atoms with Crippen LogP contribution >= 0.6 is 0 Å². The molecule has 0 radical (unpaired) electrons. The lowest BCUT2D eigenvalue weighted by Crippen LogP contribution is -2.19. The van der Waals surface area contributed by atoms with Gasteiger partial charge in [-0.1, -0.05) is 0 Å². The molecular weight excluding hydrogens is 254 g/mol. The Kier molecular flexibility index (Phi) is 2.97. The number of anilines is 2. The average molecular weight is 271 g/mol. The number of aryl methyl sites for hydroxylation is 1. The second-order valence-corrected chi connectivity index (χ2v) is 5.23. The summed E-state index contributed by atoms with van der Waals surface area (Å²) in [5.41, 5.74) is 9.82. The SMILES string of the molecule is Cc1c(N2CCCC2)cc(N)c2cc(C(=O)O)cnc12. The summed E-state index contributed by atoms with van der Waals surface area (Å²) in [5, 5.41) is 9.76. The van der Waals surface area contributed by atoms with E-state index in [2.05, 4.69) is 9.88 Å². The molecule has 1 fully saturated rings. The summed E-state index contributed by atoms with van der Waals surface area (Å²) >= 11 is 0. The van der Waals surface area contributed by atoms with Crippen molar-refractivity contribution in [1.29, 1.82) is 0 Å². The molecule has 1 aromatic heterocycles. The lowest BCUT2D eigenvalue weighted by molar-refractivity contribution is 0.0696. The summed E-state index contributed by atoms with van der Waals surface area (Å²) in [6.07, 6.45) is 3.79. The number of carboxylic acids is 1. The molecule has 20 heavy (non-hydrogen) atoms. The van der Waals surface area contributed by atoms with E-state index in [1.807, 2.05) is 13.0 Å². The Bertz CT molecular complexity index is 691. The van der Waals surface area contributed by atoms with Gasteiger partial charge in [0.2, 0.25) is 0 Å². The molecule has 3 N–H and O–H groups in total. The van der Waals surface area contributed by atoms with Crippen LogP contribution in [0, 0.1) is 6.92 Å². The summed E-state index contributed by atoms with van der Waals surface area (Å²) in [6.45, 7) is 4.10. The van der Waals surface area contributed by atoms with Gasteiger partial charge >= 0.3 is 5.97 Å². The molecule has 2 aromatic rings. The molecular formula is C15H17N3O2. The minimum absolute atomic E-state index is 0.164. The third kappa shape index (κ3) is 1.95. The second kappa shape index (κ2) is 4.67. The van der Waals surface area contributed by atoms with E-state index in [1.165, 1.54) is 19.0 Å².